The standard InChI is InChI=1S/C25H22BrN3O3/c1-32-22-12-7-17-13-18(15-27-20-5-3-2-4-6-20)25(31)29(23(17)14-22)16-24(30)28-21-10-8-19(26)9-11-21/h2-14,27H,15-16H2,1H3,(H,28,30). The van der Waals surface area contributed by atoms with Gasteiger partial charge in [0.05, 0.1) is 12.6 Å². The zero-order chi connectivity index (χ0) is 22.5. The average Bonchev–Trinajstić information content (AvgIpc) is 2.81. The summed E-state index contributed by atoms with van der Waals surface area (Å²) in [6, 6.07) is 24.3. The number of carbonyl (C=O) groups is 1. The van der Waals surface area contributed by atoms with Crippen molar-refractivity contribution in [3.8, 4) is 5.75 Å². The lowest BCUT2D eigenvalue weighted by atomic mass is 10.1. The predicted molar refractivity (Wildman–Crippen MR) is 131 cm³/mol. The number of benzene rings is 3. The molecular formula is C25H22BrN3O3. The van der Waals surface area contributed by atoms with Crippen molar-refractivity contribution in [3.63, 3.8) is 0 Å². The monoisotopic (exact) mass is 491 g/mol. The van der Waals surface area contributed by atoms with Crippen LogP contribution in [-0.2, 0) is 17.9 Å². The van der Waals surface area contributed by atoms with Crippen molar-refractivity contribution in [2.45, 2.75) is 13.1 Å². The largest absolute Gasteiger partial charge is 0.497 e. The number of rotatable bonds is 7. The van der Waals surface area contributed by atoms with Crippen LogP contribution in [0.2, 0.25) is 0 Å². The van der Waals surface area contributed by atoms with Crippen molar-refractivity contribution < 1.29 is 9.53 Å². The van der Waals surface area contributed by atoms with E-state index in [0.717, 1.165) is 15.5 Å². The summed E-state index contributed by atoms with van der Waals surface area (Å²) in [5.74, 6) is 0.334. The molecule has 4 rings (SSSR count). The van der Waals surface area contributed by atoms with E-state index in [9.17, 15) is 9.59 Å². The van der Waals surface area contributed by atoms with Gasteiger partial charge in [-0.1, -0.05) is 34.1 Å². The molecule has 0 radical (unpaired) electrons. The van der Waals surface area contributed by atoms with Crippen LogP contribution >= 0.6 is 15.9 Å². The maximum absolute atomic E-state index is 13.3. The summed E-state index contributed by atoms with van der Waals surface area (Å²) in [5, 5.41) is 6.97. The molecule has 162 valence electrons. The number of hydrogen-bond acceptors (Lipinski definition) is 4. The van der Waals surface area contributed by atoms with Gasteiger partial charge < -0.3 is 15.4 Å². The number of carbonyl (C=O) groups excluding carboxylic acids is 1. The Bertz CT molecular complexity index is 1300. The molecule has 0 spiro atoms. The number of methoxy groups -OCH3 is 1. The summed E-state index contributed by atoms with van der Waals surface area (Å²) in [4.78, 5) is 26.1. The molecule has 1 aromatic heterocycles. The quantitative estimate of drug-likeness (QED) is 0.380. The molecule has 1 heterocycles. The van der Waals surface area contributed by atoms with Gasteiger partial charge >= 0.3 is 0 Å². The third-order valence-corrected chi connectivity index (χ3v) is 5.59. The van der Waals surface area contributed by atoms with E-state index < -0.39 is 0 Å². The Hall–Kier alpha value is -3.58. The minimum atomic E-state index is -0.285. The second kappa shape index (κ2) is 9.70. The van der Waals surface area contributed by atoms with E-state index in [1.807, 2.05) is 60.7 Å². The van der Waals surface area contributed by atoms with Gasteiger partial charge in [-0.05, 0) is 60.0 Å². The molecule has 3 aromatic carbocycles. The first-order valence-corrected chi connectivity index (χ1v) is 10.9. The minimum absolute atomic E-state index is 0.113. The third kappa shape index (κ3) is 5.00. The Kier molecular flexibility index (Phi) is 6.56. The highest BCUT2D eigenvalue weighted by Gasteiger charge is 2.14. The van der Waals surface area contributed by atoms with E-state index in [-0.39, 0.29) is 18.0 Å². The molecular weight excluding hydrogens is 470 g/mol. The summed E-state index contributed by atoms with van der Waals surface area (Å²) in [5.41, 5.74) is 2.57. The minimum Gasteiger partial charge on any atom is -0.497 e. The molecule has 0 saturated heterocycles. The van der Waals surface area contributed by atoms with Crippen molar-refractivity contribution in [2.75, 3.05) is 17.7 Å². The maximum Gasteiger partial charge on any atom is 0.256 e. The van der Waals surface area contributed by atoms with Gasteiger partial charge in [-0.2, -0.15) is 0 Å². The number of amides is 1. The molecule has 7 heteroatoms. The van der Waals surface area contributed by atoms with Crippen LogP contribution in [0.5, 0.6) is 5.75 Å². The molecule has 0 unspecified atom stereocenters. The summed E-state index contributed by atoms with van der Waals surface area (Å²) in [7, 11) is 1.57. The van der Waals surface area contributed by atoms with Gasteiger partial charge in [-0.25, -0.2) is 0 Å². The molecule has 0 fully saturated rings. The number of pyridine rings is 1. The highest BCUT2D eigenvalue weighted by atomic mass is 79.9. The van der Waals surface area contributed by atoms with E-state index in [1.165, 1.54) is 4.57 Å². The second-order valence-electron chi connectivity index (χ2n) is 7.26. The van der Waals surface area contributed by atoms with Crippen molar-refractivity contribution in [1.82, 2.24) is 4.57 Å². The highest BCUT2D eigenvalue weighted by molar-refractivity contribution is 9.10. The topological polar surface area (TPSA) is 72.4 Å². The number of halogens is 1. The Morgan fingerprint density at radius 3 is 2.44 bits per heavy atom. The van der Waals surface area contributed by atoms with Crippen molar-refractivity contribution in [2.24, 2.45) is 0 Å². The molecule has 1 amide bonds. The van der Waals surface area contributed by atoms with Crippen LogP contribution in [0, 0.1) is 0 Å². The van der Waals surface area contributed by atoms with Crippen LogP contribution in [0.4, 0.5) is 11.4 Å². The Labute approximate surface area is 194 Å². The fourth-order valence-electron chi connectivity index (χ4n) is 3.45. The van der Waals surface area contributed by atoms with Crippen molar-refractivity contribution in [3.05, 3.63) is 99.3 Å². The predicted octanol–water partition coefficient (Wildman–Crippen LogP) is 5.02. The molecule has 32 heavy (non-hydrogen) atoms. The van der Waals surface area contributed by atoms with Crippen molar-refractivity contribution >= 4 is 44.1 Å². The van der Waals surface area contributed by atoms with Crippen LogP contribution in [0.25, 0.3) is 10.9 Å². The van der Waals surface area contributed by atoms with Crippen LogP contribution in [0.1, 0.15) is 5.56 Å². The highest BCUT2D eigenvalue weighted by Crippen LogP contribution is 2.21. The van der Waals surface area contributed by atoms with Gasteiger partial charge in [0.25, 0.3) is 5.56 Å². The average molecular weight is 492 g/mol. The first kappa shape index (κ1) is 21.6. The van der Waals surface area contributed by atoms with E-state index in [4.69, 9.17) is 4.74 Å². The van der Waals surface area contributed by atoms with E-state index in [2.05, 4.69) is 26.6 Å². The number of para-hydroxylation sites is 1. The summed E-state index contributed by atoms with van der Waals surface area (Å²) in [6.45, 7) is 0.233. The fraction of sp³-hybridized carbons (Fsp3) is 0.120. The Morgan fingerprint density at radius 1 is 0.969 bits per heavy atom. The van der Waals surface area contributed by atoms with Gasteiger partial charge in [0.2, 0.25) is 5.91 Å². The fourth-order valence-corrected chi connectivity index (χ4v) is 3.72. The molecule has 0 aliphatic heterocycles. The van der Waals surface area contributed by atoms with Gasteiger partial charge in [-0.15, -0.1) is 0 Å². The smallest absolute Gasteiger partial charge is 0.256 e. The van der Waals surface area contributed by atoms with E-state index >= 15 is 0 Å². The first-order valence-electron chi connectivity index (χ1n) is 10.1. The van der Waals surface area contributed by atoms with Gasteiger partial charge in [0, 0.05) is 34.0 Å². The molecule has 0 aliphatic carbocycles. The lowest BCUT2D eigenvalue weighted by molar-refractivity contribution is -0.116. The van der Waals surface area contributed by atoms with Crippen LogP contribution in [-0.4, -0.2) is 17.6 Å². The zero-order valence-electron chi connectivity index (χ0n) is 17.5. The SMILES string of the molecule is COc1ccc2cc(CNc3ccccc3)c(=O)n(CC(=O)Nc3ccc(Br)cc3)c2c1. The molecule has 6 nitrogen and oxygen atoms in total. The number of hydrogen-bond donors (Lipinski definition) is 2. The molecule has 0 atom stereocenters. The Morgan fingerprint density at radius 2 is 1.72 bits per heavy atom. The molecule has 0 aliphatic rings. The molecule has 0 saturated carbocycles. The maximum atomic E-state index is 13.3. The van der Waals surface area contributed by atoms with Gasteiger partial charge in [-0.3, -0.25) is 14.2 Å². The summed E-state index contributed by atoms with van der Waals surface area (Å²) >= 11 is 3.38. The first-order chi connectivity index (χ1) is 15.5. The normalized spacial score (nSPS) is 10.7. The van der Waals surface area contributed by atoms with E-state index in [1.54, 1.807) is 25.3 Å². The summed E-state index contributed by atoms with van der Waals surface area (Å²) < 4.78 is 7.75. The molecule has 2 N–H and O–H groups in total. The number of fused-ring (bicyclic) bond motifs is 1. The molecule has 0 bridgehead atoms. The third-order valence-electron chi connectivity index (χ3n) is 5.06. The molecule has 4 aromatic rings. The van der Waals surface area contributed by atoms with Crippen LogP contribution < -0.4 is 20.9 Å². The number of nitrogens with one attached hydrogen (secondary N) is 2. The zero-order valence-corrected chi connectivity index (χ0v) is 19.1. The number of nitrogens with zero attached hydrogens (tertiary/aromatic N) is 1. The van der Waals surface area contributed by atoms with Gasteiger partial charge in [0.15, 0.2) is 0 Å². The van der Waals surface area contributed by atoms with Crippen LogP contribution in [0.15, 0.2) is 88.1 Å². The van der Waals surface area contributed by atoms with Crippen LogP contribution in [0.3, 0.4) is 0 Å². The summed E-state index contributed by atoms with van der Waals surface area (Å²) in [6.07, 6.45) is 0. The van der Waals surface area contributed by atoms with E-state index in [0.29, 0.717) is 29.1 Å². The lowest BCUT2D eigenvalue weighted by Gasteiger charge is -2.15. The lowest BCUT2D eigenvalue weighted by Crippen LogP contribution is -2.30. The second-order valence-corrected chi connectivity index (χ2v) is 8.18. The number of ether oxygens (including phenoxy) is 1. The Balaban J connectivity index is 1.67. The van der Waals surface area contributed by atoms with Gasteiger partial charge in [0.1, 0.15) is 12.3 Å². The number of anilines is 2. The van der Waals surface area contributed by atoms with Crippen molar-refractivity contribution in [1.29, 1.82) is 0 Å². The number of aromatic nitrogens is 1.